The van der Waals surface area contributed by atoms with Crippen molar-refractivity contribution in [1.29, 1.82) is 0 Å². The third kappa shape index (κ3) is 4.24. The van der Waals surface area contributed by atoms with E-state index < -0.39 is 17.6 Å². The maximum Gasteiger partial charge on any atom is 0.416 e. The number of amides is 1. The lowest BCUT2D eigenvalue weighted by atomic mass is 10.1. The Morgan fingerprint density at radius 3 is 2.76 bits per heavy atom. The molecule has 0 radical (unpaired) electrons. The topological polar surface area (TPSA) is 42.4 Å². The molecule has 2 heterocycles. The van der Waals surface area contributed by atoms with Crippen molar-refractivity contribution in [2.24, 2.45) is 0 Å². The molecule has 4 nitrogen and oxygen atoms in total. The van der Waals surface area contributed by atoms with Gasteiger partial charge < -0.3 is 4.74 Å². The van der Waals surface area contributed by atoms with Gasteiger partial charge in [-0.25, -0.2) is 4.98 Å². The first-order valence-corrected chi connectivity index (χ1v) is 10.2. The van der Waals surface area contributed by atoms with Crippen molar-refractivity contribution >= 4 is 44.2 Å². The van der Waals surface area contributed by atoms with Gasteiger partial charge in [-0.2, -0.15) is 13.2 Å². The third-order valence-electron chi connectivity index (χ3n) is 4.68. The van der Waals surface area contributed by atoms with Crippen LogP contribution < -0.4 is 4.90 Å². The van der Waals surface area contributed by atoms with Crippen molar-refractivity contribution in [3.63, 3.8) is 0 Å². The monoisotopic (exact) mass is 440 g/mol. The number of rotatable bonds is 4. The van der Waals surface area contributed by atoms with E-state index in [1.165, 1.54) is 28.4 Å². The predicted octanol–water partition coefficient (Wildman–Crippen LogP) is 5.79. The quantitative estimate of drug-likeness (QED) is 0.515. The maximum absolute atomic E-state index is 13.2. The summed E-state index contributed by atoms with van der Waals surface area (Å²) in [7, 11) is 0. The van der Waals surface area contributed by atoms with Crippen LogP contribution in [0, 0.1) is 0 Å². The number of thiazole rings is 1. The number of para-hydroxylation sites is 1. The molecule has 4 rings (SSSR count). The van der Waals surface area contributed by atoms with Gasteiger partial charge in [0.25, 0.3) is 5.91 Å². The summed E-state index contributed by atoms with van der Waals surface area (Å²) in [6, 6.07) is 9.74. The normalized spacial score (nSPS) is 17.0. The third-order valence-corrected chi connectivity index (χ3v) is 6.03. The Bertz CT molecular complexity index is 1050. The molecule has 1 saturated heterocycles. The summed E-state index contributed by atoms with van der Waals surface area (Å²) in [5.74, 6) is -0.554. The van der Waals surface area contributed by atoms with E-state index in [4.69, 9.17) is 16.3 Å². The zero-order chi connectivity index (χ0) is 20.6. The summed E-state index contributed by atoms with van der Waals surface area (Å²) in [6.45, 7) is 0.814. The van der Waals surface area contributed by atoms with Gasteiger partial charge in [-0.1, -0.05) is 35.1 Å². The molecular weight excluding hydrogens is 425 g/mol. The van der Waals surface area contributed by atoms with Crippen LogP contribution in [0.5, 0.6) is 0 Å². The number of nitrogens with zero attached hydrogens (tertiary/aromatic N) is 2. The molecule has 1 fully saturated rings. The van der Waals surface area contributed by atoms with Crippen LogP contribution in [-0.2, 0) is 10.9 Å². The summed E-state index contributed by atoms with van der Waals surface area (Å²) in [5.41, 5.74) is -0.362. The van der Waals surface area contributed by atoms with Crippen LogP contribution >= 0.6 is 22.9 Å². The average molecular weight is 441 g/mol. The SMILES string of the molecule is O=C(c1cccc(C(F)(F)F)c1)N(CC1CCCO1)c1nc2c(Cl)cccc2s1. The molecule has 1 atom stereocenters. The summed E-state index contributed by atoms with van der Waals surface area (Å²) < 4.78 is 45.7. The van der Waals surface area contributed by atoms with E-state index in [1.807, 2.05) is 6.07 Å². The average Bonchev–Trinajstić information content (AvgIpc) is 3.35. The Kier molecular flexibility index (Phi) is 5.50. The van der Waals surface area contributed by atoms with Crippen LogP contribution in [0.4, 0.5) is 18.3 Å². The van der Waals surface area contributed by atoms with E-state index >= 15 is 0 Å². The molecule has 0 aliphatic carbocycles. The molecule has 1 amide bonds. The number of carbonyl (C=O) groups is 1. The highest BCUT2D eigenvalue weighted by Crippen LogP contribution is 2.35. The second kappa shape index (κ2) is 7.93. The molecular formula is C20H16ClF3N2O2S. The Morgan fingerprint density at radius 1 is 1.28 bits per heavy atom. The van der Waals surface area contributed by atoms with Crippen molar-refractivity contribution < 1.29 is 22.7 Å². The van der Waals surface area contributed by atoms with Gasteiger partial charge in [-0.15, -0.1) is 0 Å². The van der Waals surface area contributed by atoms with Gasteiger partial charge in [0.15, 0.2) is 5.13 Å². The number of hydrogen-bond donors (Lipinski definition) is 0. The first kappa shape index (κ1) is 20.1. The number of benzene rings is 2. The molecule has 1 unspecified atom stereocenters. The molecule has 2 aromatic carbocycles. The second-order valence-electron chi connectivity index (χ2n) is 6.71. The zero-order valence-electron chi connectivity index (χ0n) is 15.1. The lowest BCUT2D eigenvalue weighted by Crippen LogP contribution is -2.37. The molecule has 3 aromatic rings. The Hall–Kier alpha value is -2.16. The van der Waals surface area contributed by atoms with Crippen molar-refractivity contribution in [3.8, 4) is 0 Å². The Balaban J connectivity index is 1.73. The minimum Gasteiger partial charge on any atom is -0.376 e. The van der Waals surface area contributed by atoms with Crippen LogP contribution in [0.3, 0.4) is 0 Å². The summed E-state index contributed by atoms with van der Waals surface area (Å²) in [4.78, 5) is 19.1. The zero-order valence-corrected chi connectivity index (χ0v) is 16.7. The van der Waals surface area contributed by atoms with Crippen molar-refractivity contribution in [1.82, 2.24) is 4.98 Å². The molecule has 0 spiro atoms. The van der Waals surface area contributed by atoms with Crippen LogP contribution in [-0.4, -0.2) is 30.1 Å². The van der Waals surface area contributed by atoms with E-state index in [0.29, 0.717) is 22.3 Å². The number of aromatic nitrogens is 1. The number of alkyl halides is 3. The number of carbonyl (C=O) groups excluding carboxylic acids is 1. The highest BCUT2D eigenvalue weighted by Gasteiger charge is 2.32. The second-order valence-corrected chi connectivity index (χ2v) is 8.13. The summed E-state index contributed by atoms with van der Waals surface area (Å²) >= 11 is 7.47. The van der Waals surface area contributed by atoms with Crippen molar-refractivity contribution in [2.75, 3.05) is 18.1 Å². The first-order valence-electron chi connectivity index (χ1n) is 8.99. The lowest BCUT2D eigenvalue weighted by molar-refractivity contribution is -0.137. The number of ether oxygens (including phenoxy) is 1. The van der Waals surface area contributed by atoms with Gasteiger partial charge in [0, 0.05) is 12.2 Å². The van der Waals surface area contributed by atoms with Gasteiger partial charge in [0.2, 0.25) is 0 Å². The highest BCUT2D eigenvalue weighted by atomic mass is 35.5. The standard InChI is InChI=1S/C20H16ClF3N2O2S/c21-15-7-2-8-16-17(15)25-19(29-16)26(11-14-6-3-9-28-14)18(27)12-4-1-5-13(10-12)20(22,23)24/h1-2,4-5,7-8,10,14H,3,6,9,11H2. The van der Waals surface area contributed by atoms with Crippen LogP contribution in [0.25, 0.3) is 10.2 Å². The number of anilines is 1. The van der Waals surface area contributed by atoms with Gasteiger partial charge in [0.1, 0.15) is 5.52 Å². The highest BCUT2D eigenvalue weighted by molar-refractivity contribution is 7.22. The lowest BCUT2D eigenvalue weighted by Gasteiger charge is -2.23. The van der Waals surface area contributed by atoms with Crippen LogP contribution in [0.1, 0.15) is 28.8 Å². The van der Waals surface area contributed by atoms with Gasteiger partial charge in [0.05, 0.1) is 27.9 Å². The van der Waals surface area contributed by atoms with Crippen molar-refractivity contribution in [2.45, 2.75) is 25.1 Å². The Morgan fingerprint density at radius 2 is 2.07 bits per heavy atom. The van der Waals surface area contributed by atoms with E-state index in [0.717, 1.165) is 29.7 Å². The molecule has 0 bridgehead atoms. The van der Waals surface area contributed by atoms with E-state index in [1.54, 1.807) is 12.1 Å². The molecule has 29 heavy (non-hydrogen) atoms. The predicted molar refractivity (Wildman–Crippen MR) is 107 cm³/mol. The maximum atomic E-state index is 13.2. The minimum absolute atomic E-state index is 0.0526. The molecule has 9 heteroatoms. The molecule has 1 aliphatic heterocycles. The fourth-order valence-electron chi connectivity index (χ4n) is 3.24. The molecule has 1 aliphatic rings. The molecule has 0 N–H and O–H groups in total. The van der Waals surface area contributed by atoms with Gasteiger partial charge in [-0.05, 0) is 43.2 Å². The van der Waals surface area contributed by atoms with E-state index in [2.05, 4.69) is 4.98 Å². The molecule has 152 valence electrons. The van der Waals surface area contributed by atoms with E-state index in [-0.39, 0.29) is 18.2 Å². The Labute approximate surface area is 173 Å². The van der Waals surface area contributed by atoms with Crippen molar-refractivity contribution in [3.05, 3.63) is 58.6 Å². The number of halogens is 4. The largest absolute Gasteiger partial charge is 0.416 e. The van der Waals surface area contributed by atoms with Gasteiger partial charge in [-0.3, -0.25) is 9.69 Å². The molecule has 1 aromatic heterocycles. The summed E-state index contributed by atoms with van der Waals surface area (Å²) in [6.07, 6.45) is -3.06. The number of fused-ring (bicyclic) bond motifs is 1. The first-order chi connectivity index (χ1) is 13.8. The van der Waals surface area contributed by atoms with Crippen LogP contribution in [0.15, 0.2) is 42.5 Å². The van der Waals surface area contributed by atoms with E-state index in [9.17, 15) is 18.0 Å². The fraction of sp³-hybridized carbons (Fsp3) is 0.300. The van der Waals surface area contributed by atoms with Gasteiger partial charge >= 0.3 is 6.18 Å². The fourth-order valence-corrected chi connectivity index (χ4v) is 4.52. The summed E-state index contributed by atoms with van der Waals surface area (Å²) in [5, 5.41) is 0.833. The number of hydrogen-bond acceptors (Lipinski definition) is 4. The van der Waals surface area contributed by atoms with Crippen LogP contribution in [0.2, 0.25) is 5.02 Å². The minimum atomic E-state index is -4.53. The molecule has 0 saturated carbocycles. The smallest absolute Gasteiger partial charge is 0.376 e.